The first-order chi connectivity index (χ1) is 12.3. The van der Waals surface area contributed by atoms with Gasteiger partial charge in [0.05, 0.1) is 31.3 Å². The lowest BCUT2D eigenvalue weighted by Crippen LogP contribution is -2.35. The highest BCUT2D eigenvalue weighted by Crippen LogP contribution is 2.25. The number of rotatable bonds is 5. The Hall–Kier alpha value is -1.37. The van der Waals surface area contributed by atoms with E-state index in [2.05, 4.69) is 4.90 Å². The third kappa shape index (κ3) is 4.25. The molecule has 6 nitrogen and oxygen atoms in total. The Balaban J connectivity index is 1.28. The molecule has 1 saturated carbocycles. The van der Waals surface area contributed by atoms with Crippen LogP contribution in [0.25, 0.3) is 0 Å². The highest BCUT2D eigenvalue weighted by molar-refractivity contribution is 5.77. The molecule has 0 spiro atoms. The third-order valence-corrected chi connectivity index (χ3v) is 5.70. The quantitative estimate of drug-likeness (QED) is 0.813. The summed E-state index contributed by atoms with van der Waals surface area (Å²) < 4.78 is 17.0. The molecule has 2 atom stereocenters. The van der Waals surface area contributed by atoms with Gasteiger partial charge < -0.3 is 18.8 Å². The number of amides is 1. The highest BCUT2D eigenvalue weighted by atomic mass is 16.5. The van der Waals surface area contributed by atoms with Gasteiger partial charge in [0.25, 0.3) is 0 Å². The molecule has 3 fully saturated rings. The number of furan rings is 1. The van der Waals surface area contributed by atoms with E-state index in [0.29, 0.717) is 18.6 Å². The van der Waals surface area contributed by atoms with E-state index in [1.165, 1.54) is 18.4 Å². The molecule has 1 aromatic rings. The van der Waals surface area contributed by atoms with Crippen molar-refractivity contribution < 1.29 is 18.7 Å². The number of likely N-dealkylation sites (tertiary alicyclic amines) is 1. The van der Waals surface area contributed by atoms with Crippen LogP contribution in [0, 0.1) is 5.92 Å². The number of hydrogen-bond donors (Lipinski definition) is 0. The molecule has 0 radical (unpaired) electrons. The fraction of sp³-hybridized carbons (Fsp3) is 0.737. The minimum absolute atomic E-state index is 0.116. The van der Waals surface area contributed by atoms with Crippen molar-refractivity contribution >= 4 is 5.91 Å². The lowest BCUT2D eigenvalue weighted by molar-refractivity contribution is -0.137. The Morgan fingerprint density at radius 3 is 2.92 bits per heavy atom. The van der Waals surface area contributed by atoms with E-state index >= 15 is 0 Å². The summed E-state index contributed by atoms with van der Waals surface area (Å²) in [5, 5.41) is 0. The number of carbonyl (C=O) groups excluding carboxylic acids is 1. The molecule has 0 N–H and O–H groups in total. The predicted octanol–water partition coefficient (Wildman–Crippen LogP) is 1.90. The fourth-order valence-electron chi connectivity index (χ4n) is 4.29. The van der Waals surface area contributed by atoms with Crippen LogP contribution in [-0.4, -0.2) is 67.3 Å². The van der Waals surface area contributed by atoms with Crippen molar-refractivity contribution in [2.24, 2.45) is 5.92 Å². The first-order valence-corrected chi connectivity index (χ1v) is 9.52. The van der Waals surface area contributed by atoms with Gasteiger partial charge in [-0.15, -0.1) is 0 Å². The Labute approximate surface area is 149 Å². The van der Waals surface area contributed by atoms with Crippen molar-refractivity contribution in [1.82, 2.24) is 9.80 Å². The molecule has 0 unspecified atom stereocenters. The summed E-state index contributed by atoms with van der Waals surface area (Å²) >= 11 is 0. The summed E-state index contributed by atoms with van der Waals surface area (Å²) in [6, 6.07) is 2.01. The molecule has 1 amide bonds. The number of nitrogens with zero attached hydrogens (tertiary/aromatic N) is 2. The number of carbonyl (C=O) groups is 1. The molecule has 2 aliphatic heterocycles. The molecule has 0 aromatic carbocycles. The molecule has 4 rings (SSSR count). The SMILES string of the molecule is O=C(COC1CCCC1)N1C[C@@H]2CN(Cc3ccoc3)CCO[C@@H]2C1. The van der Waals surface area contributed by atoms with Crippen LogP contribution in [0.5, 0.6) is 0 Å². The molecule has 25 heavy (non-hydrogen) atoms. The fourth-order valence-corrected chi connectivity index (χ4v) is 4.29. The zero-order chi connectivity index (χ0) is 17.1. The van der Waals surface area contributed by atoms with Crippen LogP contribution < -0.4 is 0 Å². The first-order valence-electron chi connectivity index (χ1n) is 9.52. The highest BCUT2D eigenvalue weighted by Gasteiger charge is 2.38. The van der Waals surface area contributed by atoms with Crippen LogP contribution in [0.3, 0.4) is 0 Å². The summed E-state index contributed by atoms with van der Waals surface area (Å²) in [6.45, 7) is 5.20. The smallest absolute Gasteiger partial charge is 0.248 e. The Bertz CT molecular complexity index is 556. The van der Waals surface area contributed by atoms with Gasteiger partial charge in [0.2, 0.25) is 5.91 Å². The number of fused-ring (bicyclic) bond motifs is 1. The Morgan fingerprint density at radius 2 is 2.12 bits per heavy atom. The molecular weight excluding hydrogens is 320 g/mol. The largest absolute Gasteiger partial charge is 0.472 e. The van der Waals surface area contributed by atoms with E-state index in [9.17, 15) is 4.79 Å². The van der Waals surface area contributed by atoms with E-state index in [1.807, 2.05) is 11.0 Å². The summed E-state index contributed by atoms with van der Waals surface area (Å²) in [7, 11) is 0. The second-order valence-corrected chi connectivity index (χ2v) is 7.55. The average Bonchev–Trinajstić information content (AvgIpc) is 3.34. The maximum Gasteiger partial charge on any atom is 0.248 e. The van der Waals surface area contributed by atoms with Crippen LogP contribution in [0.2, 0.25) is 0 Å². The lowest BCUT2D eigenvalue weighted by atomic mass is 10.1. The minimum atomic E-state index is 0.116. The van der Waals surface area contributed by atoms with Gasteiger partial charge in [-0.2, -0.15) is 0 Å². The molecule has 3 aliphatic rings. The van der Waals surface area contributed by atoms with Crippen LogP contribution in [-0.2, 0) is 20.8 Å². The van der Waals surface area contributed by atoms with Gasteiger partial charge in [0.15, 0.2) is 0 Å². The topological polar surface area (TPSA) is 55.2 Å². The van der Waals surface area contributed by atoms with E-state index in [1.54, 1.807) is 12.5 Å². The van der Waals surface area contributed by atoms with Gasteiger partial charge >= 0.3 is 0 Å². The molecular formula is C19H28N2O4. The lowest BCUT2D eigenvalue weighted by Gasteiger charge is -2.23. The molecule has 1 aliphatic carbocycles. The monoisotopic (exact) mass is 348 g/mol. The summed E-state index contributed by atoms with van der Waals surface area (Å²) in [6.07, 6.45) is 8.62. The summed E-state index contributed by atoms with van der Waals surface area (Å²) in [4.78, 5) is 16.8. The standard InChI is InChI=1S/C19H28N2O4/c22-19(14-25-17-3-1-2-4-17)21-11-16-10-20(6-8-24-18(16)12-21)9-15-5-7-23-13-15/h5,7,13,16-18H,1-4,6,8-12,14H2/t16-,18+/m0/s1. The molecule has 6 heteroatoms. The normalized spacial score (nSPS) is 28.2. The van der Waals surface area contributed by atoms with Crippen molar-refractivity contribution in [3.05, 3.63) is 24.2 Å². The van der Waals surface area contributed by atoms with Gasteiger partial charge in [-0.05, 0) is 18.9 Å². The van der Waals surface area contributed by atoms with Crippen molar-refractivity contribution in [3.63, 3.8) is 0 Å². The predicted molar refractivity (Wildman–Crippen MR) is 92.0 cm³/mol. The van der Waals surface area contributed by atoms with Crippen molar-refractivity contribution in [1.29, 1.82) is 0 Å². The van der Waals surface area contributed by atoms with E-state index in [-0.39, 0.29) is 18.6 Å². The minimum Gasteiger partial charge on any atom is -0.472 e. The van der Waals surface area contributed by atoms with Crippen molar-refractivity contribution in [2.75, 3.05) is 39.4 Å². The maximum atomic E-state index is 12.5. The van der Waals surface area contributed by atoms with Crippen molar-refractivity contribution in [3.8, 4) is 0 Å². The summed E-state index contributed by atoms with van der Waals surface area (Å²) in [5.74, 6) is 0.495. The van der Waals surface area contributed by atoms with E-state index < -0.39 is 0 Å². The van der Waals surface area contributed by atoms with Crippen LogP contribution in [0.4, 0.5) is 0 Å². The van der Waals surface area contributed by atoms with Gasteiger partial charge in [0.1, 0.15) is 6.61 Å². The van der Waals surface area contributed by atoms with Crippen LogP contribution in [0.15, 0.2) is 23.0 Å². The molecule has 2 saturated heterocycles. The molecule has 138 valence electrons. The van der Waals surface area contributed by atoms with Gasteiger partial charge in [-0.3, -0.25) is 9.69 Å². The number of hydrogen-bond acceptors (Lipinski definition) is 5. The zero-order valence-corrected chi connectivity index (χ0v) is 14.8. The first kappa shape index (κ1) is 17.1. The van der Waals surface area contributed by atoms with E-state index in [4.69, 9.17) is 13.9 Å². The molecule has 0 bridgehead atoms. The van der Waals surface area contributed by atoms with Crippen molar-refractivity contribution in [2.45, 2.75) is 44.4 Å². The van der Waals surface area contributed by atoms with Crippen LogP contribution >= 0.6 is 0 Å². The Morgan fingerprint density at radius 1 is 1.24 bits per heavy atom. The number of ether oxygens (including phenoxy) is 2. The second kappa shape index (κ2) is 7.89. The molecule has 1 aromatic heterocycles. The second-order valence-electron chi connectivity index (χ2n) is 7.55. The van der Waals surface area contributed by atoms with E-state index in [0.717, 1.165) is 45.6 Å². The molecule has 3 heterocycles. The van der Waals surface area contributed by atoms with Crippen LogP contribution in [0.1, 0.15) is 31.2 Å². The van der Waals surface area contributed by atoms with Gasteiger partial charge in [-0.1, -0.05) is 12.8 Å². The summed E-state index contributed by atoms with van der Waals surface area (Å²) in [5.41, 5.74) is 1.19. The zero-order valence-electron chi connectivity index (χ0n) is 14.8. The average molecular weight is 348 g/mol. The van der Waals surface area contributed by atoms with Gasteiger partial charge in [-0.25, -0.2) is 0 Å². The maximum absolute atomic E-state index is 12.5. The third-order valence-electron chi connectivity index (χ3n) is 5.70. The Kier molecular flexibility index (Phi) is 5.39. The van der Waals surface area contributed by atoms with Gasteiger partial charge in [0, 0.05) is 44.2 Å².